The predicted molar refractivity (Wildman–Crippen MR) is 79.8 cm³/mol. The summed E-state index contributed by atoms with van der Waals surface area (Å²) in [4.78, 5) is 8.47. The van der Waals surface area contributed by atoms with E-state index in [1.54, 1.807) is 12.4 Å². The van der Waals surface area contributed by atoms with Crippen molar-refractivity contribution in [3.05, 3.63) is 40.6 Å². The number of aryl methyl sites for hydroxylation is 1. The van der Waals surface area contributed by atoms with E-state index in [0.717, 1.165) is 29.0 Å². The summed E-state index contributed by atoms with van der Waals surface area (Å²) in [6, 6.07) is 5.90. The molecule has 0 spiro atoms. The number of nitrogens with one attached hydrogen (secondary N) is 1. The van der Waals surface area contributed by atoms with Gasteiger partial charge in [0.15, 0.2) is 0 Å². The number of rotatable bonds is 5. The maximum absolute atomic E-state index is 5.72. The summed E-state index contributed by atoms with van der Waals surface area (Å²) >= 11 is 3.48. The van der Waals surface area contributed by atoms with Crippen LogP contribution < -0.4 is 10.1 Å². The minimum atomic E-state index is 0.477. The number of halogens is 1. The van der Waals surface area contributed by atoms with Gasteiger partial charge in [-0.15, -0.1) is 0 Å². The van der Waals surface area contributed by atoms with Gasteiger partial charge in [-0.25, -0.2) is 0 Å². The molecule has 5 heteroatoms. The number of aromatic nitrogens is 2. The molecule has 19 heavy (non-hydrogen) atoms. The van der Waals surface area contributed by atoms with E-state index in [1.807, 2.05) is 25.1 Å². The fourth-order valence-corrected chi connectivity index (χ4v) is 2.11. The van der Waals surface area contributed by atoms with Gasteiger partial charge in [-0.2, -0.15) is 4.98 Å². The average molecular weight is 322 g/mol. The lowest BCUT2D eigenvalue weighted by Crippen LogP contribution is -2.03. The van der Waals surface area contributed by atoms with E-state index < -0.39 is 0 Å². The Morgan fingerprint density at radius 2 is 2.16 bits per heavy atom. The van der Waals surface area contributed by atoms with Gasteiger partial charge in [-0.1, -0.05) is 13.0 Å². The lowest BCUT2D eigenvalue weighted by Gasteiger charge is -2.09. The number of anilines is 1. The van der Waals surface area contributed by atoms with E-state index in [4.69, 9.17) is 4.74 Å². The Bertz CT molecular complexity index is 560. The van der Waals surface area contributed by atoms with Crippen molar-refractivity contribution in [2.75, 3.05) is 11.9 Å². The monoisotopic (exact) mass is 321 g/mol. The summed E-state index contributed by atoms with van der Waals surface area (Å²) < 4.78 is 6.63. The van der Waals surface area contributed by atoms with Gasteiger partial charge in [0, 0.05) is 6.54 Å². The molecule has 0 aliphatic rings. The van der Waals surface area contributed by atoms with Gasteiger partial charge in [-0.3, -0.25) is 4.98 Å². The number of nitrogens with zero attached hydrogens (tertiary/aromatic N) is 2. The maximum atomic E-state index is 5.72. The van der Waals surface area contributed by atoms with E-state index in [2.05, 4.69) is 38.1 Å². The largest absolute Gasteiger partial charge is 0.436 e. The Labute approximate surface area is 121 Å². The fourth-order valence-electron chi connectivity index (χ4n) is 1.54. The molecule has 2 rings (SSSR count). The molecule has 2 aromatic rings. The highest BCUT2D eigenvalue weighted by Crippen LogP contribution is 2.29. The van der Waals surface area contributed by atoms with Crippen LogP contribution >= 0.6 is 15.9 Å². The molecule has 0 atom stereocenters. The van der Waals surface area contributed by atoms with Crippen LogP contribution in [-0.4, -0.2) is 16.5 Å². The number of hydrogen-bond acceptors (Lipinski definition) is 4. The van der Waals surface area contributed by atoms with Crippen molar-refractivity contribution < 1.29 is 4.74 Å². The summed E-state index contributed by atoms with van der Waals surface area (Å²) in [5, 5.41) is 3.18. The highest BCUT2D eigenvalue weighted by molar-refractivity contribution is 9.10. The normalized spacial score (nSPS) is 10.3. The molecule has 0 amide bonds. The maximum Gasteiger partial charge on any atom is 0.239 e. The molecule has 0 aliphatic carbocycles. The lowest BCUT2D eigenvalue weighted by atomic mass is 10.2. The molecular weight excluding hydrogens is 306 g/mol. The molecule has 0 saturated carbocycles. The van der Waals surface area contributed by atoms with Gasteiger partial charge in [-0.05, 0) is 47.0 Å². The quantitative estimate of drug-likeness (QED) is 0.898. The Kier molecular flexibility index (Phi) is 4.74. The molecule has 0 radical (unpaired) electrons. The topological polar surface area (TPSA) is 47.0 Å². The van der Waals surface area contributed by atoms with Crippen LogP contribution in [0.3, 0.4) is 0 Å². The van der Waals surface area contributed by atoms with Crippen LogP contribution in [0.2, 0.25) is 0 Å². The van der Waals surface area contributed by atoms with Crippen LogP contribution in [0.15, 0.2) is 35.1 Å². The van der Waals surface area contributed by atoms with Gasteiger partial charge < -0.3 is 10.1 Å². The lowest BCUT2D eigenvalue weighted by molar-refractivity contribution is 0.458. The number of benzene rings is 1. The van der Waals surface area contributed by atoms with E-state index in [0.29, 0.717) is 5.88 Å². The molecule has 100 valence electrons. The van der Waals surface area contributed by atoms with Gasteiger partial charge in [0.25, 0.3) is 0 Å². The second kappa shape index (κ2) is 6.52. The summed E-state index contributed by atoms with van der Waals surface area (Å²) in [5.74, 6) is 1.93. The Balaban J connectivity index is 2.14. The summed E-state index contributed by atoms with van der Waals surface area (Å²) in [5.41, 5.74) is 1.17. The third-order valence-electron chi connectivity index (χ3n) is 2.47. The molecule has 0 fully saturated rings. The van der Waals surface area contributed by atoms with Crippen molar-refractivity contribution in [2.24, 2.45) is 0 Å². The minimum Gasteiger partial charge on any atom is -0.436 e. The molecule has 0 saturated heterocycles. The van der Waals surface area contributed by atoms with Crippen molar-refractivity contribution in [1.82, 2.24) is 9.97 Å². The molecule has 1 N–H and O–H groups in total. The predicted octanol–water partition coefficient (Wildman–Crippen LogP) is 4.16. The smallest absolute Gasteiger partial charge is 0.239 e. The van der Waals surface area contributed by atoms with Crippen molar-refractivity contribution in [3.63, 3.8) is 0 Å². The van der Waals surface area contributed by atoms with E-state index in [1.165, 1.54) is 5.56 Å². The van der Waals surface area contributed by atoms with Crippen molar-refractivity contribution in [2.45, 2.75) is 20.3 Å². The van der Waals surface area contributed by atoms with Gasteiger partial charge in [0.2, 0.25) is 5.88 Å². The third kappa shape index (κ3) is 3.92. The second-order valence-electron chi connectivity index (χ2n) is 4.21. The van der Waals surface area contributed by atoms with Crippen LogP contribution in [0.4, 0.5) is 5.82 Å². The van der Waals surface area contributed by atoms with Crippen LogP contribution in [-0.2, 0) is 0 Å². The Hall–Kier alpha value is -1.62. The van der Waals surface area contributed by atoms with Crippen LogP contribution in [0.5, 0.6) is 11.6 Å². The summed E-state index contributed by atoms with van der Waals surface area (Å²) in [6.07, 6.45) is 4.33. The summed E-state index contributed by atoms with van der Waals surface area (Å²) in [7, 11) is 0. The zero-order valence-electron chi connectivity index (χ0n) is 11.0. The zero-order chi connectivity index (χ0) is 13.7. The Morgan fingerprint density at radius 1 is 1.32 bits per heavy atom. The number of ether oxygens (including phenoxy) is 1. The summed E-state index contributed by atoms with van der Waals surface area (Å²) in [6.45, 7) is 5.00. The van der Waals surface area contributed by atoms with Gasteiger partial charge in [0.1, 0.15) is 11.6 Å². The highest BCUT2D eigenvalue weighted by atomic mass is 79.9. The minimum absolute atomic E-state index is 0.477. The highest BCUT2D eigenvalue weighted by Gasteiger charge is 2.05. The van der Waals surface area contributed by atoms with Gasteiger partial charge >= 0.3 is 0 Å². The molecule has 0 unspecified atom stereocenters. The first-order chi connectivity index (χ1) is 9.19. The molecule has 0 bridgehead atoms. The first-order valence-corrected chi connectivity index (χ1v) is 6.98. The van der Waals surface area contributed by atoms with Crippen LogP contribution in [0.1, 0.15) is 18.9 Å². The van der Waals surface area contributed by atoms with Crippen molar-refractivity contribution in [1.29, 1.82) is 0 Å². The average Bonchev–Trinajstić information content (AvgIpc) is 2.40. The van der Waals surface area contributed by atoms with Crippen molar-refractivity contribution >= 4 is 21.7 Å². The molecule has 0 aliphatic heterocycles. The molecule has 1 aromatic carbocycles. The SMILES string of the molecule is CCCNc1cncc(Oc2ccc(C)cc2Br)n1. The van der Waals surface area contributed by atoms with Crippen molar-refractivity contribution in [3.8, 4) is 11.6 Å². The molecular formula is C14H16BrN3O. The number of hydrogen-bond donors (Lipinski definition) is 1. The van der Waals surface area contributed by atoms with Crippen LogP contribution in [0, 0.1) is 6.92 Å². The molecule has 1 heterocycles. The Morgan fingerprint density at radius 3 is 2.89 bits per heavy atom. The third-order valence-corrected chi connectivity index (χ3v) is 3.09. The first kappa shape index (κ1) is 13.8. The molecule has 4 nitrogen and oxygen atoms in total. The van der Waals surface area contributed by atoms with E-state index >= 15 is 0 Å². The van der Waals surface area contributed by atoms with E-state index in [9.17, 15) is 0 Å². The first-order valence-electron chi connectivity index (χ1n) is 6.19. The van der Waals surface area contributed by atoms with Crippen LogP contribution in [0.25, 0.3) is 0 Å². The zero-order valence-corrected chi connectivity index (χ0v) is 12.6. The fraction of sp³-hybridized carbons (Fsp3) is 0.286. The van der Waals surface area contributed by atoms with E-state index in [-0.39, 0.29) is 0 Å². The standard InChI is InChI=1S/C14H16BrN3O/c1-3-6-17-13-8-16-9-14(18-13)19-12-5-4-10(2)7-11(12)15/h4-5,7-9H,3,6H2,1-2H3,(H,17,18). The van der Waals surface area contributed by atoms with Gasteiger partial charge in [0.05, 0.1) is 16.9 Å². The second-order valence-corrected chi connectivity index (χ2v) is 5.06. The molecule has 1 aromatic heterocycles.